The Hall–Kier alpha value is -1.78. The van der Waals surface area contributed by atoms with Crippen molar-refractivity contribution < 1.29 is 8.78 Å². The molecule has 0 aliphatic carbocycles. The number of rotatable bonds is 3. The average Bonchev–Trinajstić information content (AvgIpc) is 2.71. The summed E-state index contributed by atoms with van der Waals surface area (Å²) in [4.78, 5) is 0. The molecule has 5 heteroatoms. The first-order valence-corrected chi connectivity index (χ1v) is 5.06. The molecule has 0 fully saturated rings. The van der Waals surface area contributed by atoms with Gasteiger partial charge in [0.05, 0.1) is 5.56 Å². The van der Waals surface area contributed by atoms with E-state index in [0.29, 0.717) is 12.4 Å². The molecule has 0 aliphatic rings. The van der Waals surface area contributed by atoms with E-state index in [2.05, 4.69) is 10.2 Å². The molecule has 84 valence electrons. The molecule has 1 aromatic heterocycles. The molecule has 0 N–H and O–H groups in total. The minimum Gasteiger partial charge on any atom is -0.314 e. The lowest BCUT2D eigenvalue weighted by molar-refractivity contribution is 0.509. The zero-order valence-electron chi connectivity index (χ0n) is 8.82. The van der Waals surface area contributed by atoms with Crippen molar-refractivity contribution in [2.45, 2.75) is 19.9 Å². The normalized spacial score (nSPS) is 10.7. The maximum atomic E-state index is 13.5. The van der Waals surface area contributed by atoms with Gasteiger partial charge in [0.25, 0.3) is 0 Å². The summed E-state index contributed by atoms with van der Waals surface area (Å²) >= 11 is 0. The summed E-state index contributed by atoms with van der Waals surface area (Å²) in [5.74, 6) is -1.39. The van der Waals surface area contributed by atoms with Gasteiger partial charge in [0.2, 0.25) is 0 Å². The van der Waals surface area contributed by atoms with Crippen molar-refractivity contribution in [2.75, 3.05) is 0 Å². The molecule has 1 aromatic carbocycles. The predicted octanol–water partition coefficient (Wildman–Crippen LogP) is 2.63. The molecule has 0 bridgehead atoms. The van der Waals surface area contributed by atoms with Crippen molar-refractivity contribution in [2.24, 2.45) is 0 Å². The Morgan fingerprint density at radius 3 is 2.88 bits per heavy atom. The Labute approximate surface area is 91.7 Å². The zero-order chi connectivity index (χ0) is 11.5. The van der Waals surface area contributed by atoms with Gasteiger partial charge < -0.3 is 4.57 Å². The maximum absolute atomic E-state index is 13.5. The van der Waals surface area contributed by atoms with E-state index in [1.165, 1.54) is 18.5 Å². The number of halogens is 2. The standard InChI is InChI=1S/C11H11F2N3/c1-2-6-16-7-14-15-11(16)8-4-3-5-9(12)10(8)13/h3-5,7H,2,6H2,1H3. The van der Waals surface area contributed by atoms with Crippen molar-refractivity contribution in [3.05, 3.63) is 36.2 Å². The van der Waals surface area contributed by atoms with Crippen molar-refractivity contribution in [1.29, 1.82) is 0 Å². The lowest BCUT2D eigenvalue weighted by Gasteiger charge is -2.05. The molecule has 0 radical (unpaired) electrons. The molecule has 16 heavy (non-hydrogen) atoms. The van der Waals surface area contributed by atoms with Crippen molar-refractivity contribution in [1.82, 2.24) is 14.8 Å². The monoisotopic (exact) mass is 223 g/mol. The fourth-order valence-corrected chi connectivity index (χ4v) is 1.54. The fraction of sp³-hybridized carbons (Fsp3) is 0.273. The van der Waals surface area contributed by atoms with Gasteiger partial charge in [-0.1, -0.05) is 13.0 Å². The van der Waals surface area contributed by atoms with Crippen LogP contribution in [0.5, 0.6) is 0 Å². The van der Waals surface area contributed by atoms with Crippen LogP contribution in [0.4, 0.5) is 8.78 Å². The summed E-state index contributed by atoms with van der Waals surface area (Å²) in [7, 11) is 0. The lowest BCUT2D eigenvalue weighted by Crippen LogP contribution is -2.00. The Morgan fingerprint density at radius 2 is 2.12 bits per heavy atom. The fourth-order valence-electron chi connectivity index (χ4n) is 1.54. The summed E-state index contributed by atoms with van der Waals surface area (Å²) < 4.78 is 28.3. The summed E-state index contributed by atoms with van der Waals surface area (Å²) in [5, 5.41) is 7.53. The van der Waals surface area contributed by atoms with Crippen LogP contribution < -0.4 is 0 Å². The van der Waals surface area contributed by atoms with Gasteiger partial charge in [-0.25, -0.2) is 8.78 Å². The molecule has 0 spiro atoms. The number of hydrogen-bond acceptors (Lipinski definition) is 2. The second-order valence-electron chi connectivity index (χ2n) is 3.45. The maximum Gasteiger partial charge on any atom is 0.169 e. The number of aromatic nitrogens is 3. The van der Waals surface area contributed by atoms with Gasteiger partial charge in [0.15, 0.2) is 17.5 Å². The molecule has 2 rings (SSSR count). The van der Waals surface area contributed by atoms with Crippen LogP contribution >= 0.6 is 0 Å². The van der Waals surface area contributed by atoms with Crippen LogP contribution in [0.25, 0.3) is 11.4 Å². The third-order valence-electron chi connectivity index (χ3n) is 2.27. The van der Waals surface area contributed by atoms with Crippen LogP contribution in [0.15, 0.2) is 24.5 Å². The second-order valence-corrected chi connectivity index (χ2v) is 3.45. The predicted molar refractivity (Wildman–Crippen MR) is 55.7 cm³/mol. The first-order valence-electron chi connectivity index (χ1n) is 5.06. The van der Waals surface area contributed by atoms with Crippen LogP contribution in [0.3, 0.4) is 0 Å². The summed E-state index contributed by atoms with van der Waals surface area (Å²) in [6.07, 6.45) is 2.39. The SMILES string of the molecule is CCCn1cnnc1-c1cccc(F)c1F. The highest BCUT2D eigenvalue weighted by atomic mass is 19.2. The number of hydrogen-bond donors (Lipinski definition) is 0. The van der Waals surface area contributed by atoms with E-state index >= 15 is 0 Å². The highest BCUT2D eigenvalue weighted by molar-refractivity contribution is 5.55. The molecule has 0 unspecified atom stereocenters. The van der Waals surface area contributed by atoms with Crippen LogP contribution in [0.2, 0.25) is 0 Å². The quantitative estimate of drug-likeness (QED) is 0.800. The van der Waals surface area contributed by atoms with E-state index in [1.54, 1.807) is 4.57 Å². The molecule has 0 amide bonds. The van der Waals surface area contributed by atoms with Gasteiger partial charge in [0.1, 0.15) is 6.33 Å². The molecular weight excluding hydrogens is 212 g/mol. The summed E-state index contributed by atoms with van der Waals surface area (Å²) in [5.41, 5.74) is 0.144. The minimum atomic E-state index is -0.882. The molecule has 2 aromatic rings. The smallest absolute Gasteiger partial charge is 0.169 e. The van der Waals surface area contributed by atoms with Crippen LogP contribution in [0, 0.1) is 11.6 Å². The van der Waals surface area contributed by atoms with Gasteiger partial charge in [0, 0.05) is 6.54 Å². The first kappa shape index (κ1) is 10.7. The van der Waals surface area contributed by atoms with Gasteiger partial charge in [-0.2, -0.15) is 0 Å². The third-order valence-corrected chi connectivity index (χ3v) is 2.27. The average molecular weight is 223 g/mol. The van der Waals surface area contributed by atoms with E-state index in [4.69, 9.17) is 0 Å². The van der Waals surface area contributed by atoms with Gasteiger partial charge >= 0.3 is 0 Å². The highest BCUT2D eigenvalue weighted by Crippen LogP contribution is 2.22. The Morgan fingerprint density at radius 1 is 1.31 bits per heavy atom. The zero-order valence-corrected chi connectivity index (χ0v) is 8.82. The molecule has 3 nitrogen and oxygen atoms in total. The number of benzene rings is 1. The van der Waals surface area contributed by atoms with Gasteiger partial charge in [-0.15, -0.1) is 10.2 Å². The van der Waals surface area contributed by atoms with Crippen molar-refractivity contribution in [3.8, 4) is 11.4 Å². The Kier molecular flexibility index (Phi) is 2.94. The largest absolute Gasteiger partial charge is 0.314 e. The van der Waals surface area contributed by atoms with Crippen LogP contribution in [0.1, 0.15) is 13.3 Å². The molecule has 0 saturated heterocycles. The highest BCUT2D eigenvalue weighted by Gasteiger charge is 2.14. The van der Waals surface area contributed by atoms with Crippen molar-refractivity contribution >= 4 is 0 Å². The van der Waals surface area contributed by atoms with E-state index in [1.807, 2.05) is 6.92 Å². The van der Waals surface area contributed by atoms with Crippen molar-refractivity contribution in [3.63, 3.8) is 0 Å². The number of aryl methyl sites for hydroxylation is 1. The molecule has 0 atom stereocenters. The summed E-state index contributed by atoms with van der Waals surface area (Å²) in [6, 6.07) is 4.03. The van der Waals surface area contributed by atoms with E-state index < -0.39 is 11.6 Å². The molecule has 0 aliphatic heterocycles. The van der Waals surface area contributed by atoms with Crippen LogP contribution in [-0.4, -0.2) is 14.8 Å². The minimum absolute atomic E-state index is 0.144. The van der Waals surface area contributed by atoms with E-state index in [0.717, 1.165) is 12.5 Å². The molecular formula is C11H11F2N3. The van der Waals surface area contributed by atoms with Gasteiger partial charge in [-0.05, 0) is 18.6 Å². The number of nitrogens with zero attached hydrogens (tertiary/aromatic N) is 3. The first-order chi connectivity index (χ1) is 7.74. The van der Waals surface area contributed by atoms with Crippen LogP contribution in [-0.2, 0) is 6.54 Å². The Balaban J connectivity index is 2.50. The van der Waals surface area contributed by atoms with E-state index in [-0.39, 0.29) is 5.56 Å². The molecule has 0 saturated carbocycles. The topological polar surface area (TPSA) is 30.7 Å². The summed E-state index contributed by atoms with van der Waals surface area (Å²) in [6.45, 7) is 2.67. The molecule has 1 heterocycles. The second kappa shape index (κ2) is 4.38. The lowest BCUT2D eigenvalue weighted by atomic mass is 10.2. The third kappa shape index (κ3) is 1.80. The van der Waals surface area contributed by atoms with Gasteiger partial charge in [-0.3, -0.25) is 0 Å². The Bertz CT molecular complexity index is 494. The van der Waals surface area contributed by atoms with E-state index in [9.17, 15) is 8.78 Å².